The third-order valence-electron chi connectivity index (χ3n) is 6.46. The van der Waals surface area contributed by atoms with Crippen molar-refractivity contribution in [2.24, 2.45) is 0 Å². The molecule has 0 bridgehead atoms. The Morgan fingerprint density at radius 1 is 0.633 bits per heavy atom. The Hall–Kier alpha value is -2.06. The topological polar surface area (TPSA) is 9.23 Å². The first-order chi connectivity index (χ1) is 14.7. The second-order valence-electron chi connectivity index (χ2n) is 8.30. The molecule has 2 nitrogen and oxygen atoms in total. The van der Waals surface area contributed by atoms with Gasteiger partial charge in [-0.05, 0) is 63.3 Å². The highest BCUT2D eigenvalue weighted by molar-refractivity contribution is 5.69. The van der Waals surface area contributed by atoms with Crippen LogP contribution in [-0.4, -0.2) is 37.3 Å². The van der Waals surface area contributed by atoms with E-state index in [9.17, 15) is 0 Å². The van der Waals surface area contributed by atoms with Crippen LogP contribution in [0.2, 0.25) is 0 Å². The summed E-state index contributed by atoms with van der Waals surface area (Å²) in [7, 11) is 0. The number of nitrogens with zero attached hydrogens (tertiary/aromatic N) is 1. The maximum atomic E-state index is 5.91. The predicted octanol–water partition coefficient (Wildman–Crippen LogP) is 7.45. The molecule has 0 radical (unpaired) electrons. The Kier molecular flexibility index (Phi) is 11.3. The van der Waals surface area contributed by atoms with Crippen LogP contribution >= 0.6 is 0 Å². The quantitative estimate of drug-likeness (QED) is 0.169. The van der Waals surface area contributed by atoms with E-state index in [0.29, 0.717) is 0 Å². The molecule has 0 saturated carbocycles. The molecule has 2 rings (SSSR count). The summed E-state index contributed by atoms with van der Waals surface area (Å²) in [5.41, 5.74) is 2.42. The number of benzene rings is 2. The van der Waals surface area contributed by atoms with Crippen molar-refractivity contribution in [2.45, 2.75) is 59.3 Å². The first kappa shape index (κ1) is 24.2. The van der Waals surface area contributed by atoms with E-state index in [1.165, 1.54) is 73.9 Å². The Labute approximate surface area is 185 Å². The monoisotopic (exact) mass is 408 g/mol. The van der Waals surface area contributed by atoms with Crippen LogP contribution in [0.3, 0.4) is 0 Å². The Bertz CT molecular complexity index is 693. The maximum absolute atomic E-state index is 5.91. The van der Waals surface area contributed by atoms with Crippen molar-refractivity contribution < 1.29 is 9.22 Å². The van der Waals surface area contributed by atoms with Gasteiger partial charge in [-0.25, -0.2) is 0 Å². The zero-order valence-corrected chi connectivity index (χ0v) is 19.5. The van der Waals surface area contributed by atoms with E-state index in [2.05, 4.69) is 81.5 Å². The standard InChI is InChI=1S/C28H42NO/c1-4-29(5-2,6-3)24-14-9-7-8-10-15-25-30-28-22-20-27(21-23-28)19-18-26-16-12-11-13-17-26/h11-13,16-23H,4-10,14-15,24-25H2,1-3H3/q+1/b19-18+. The molecular formula is C28H42NO+. The summed E-state index contributed by atoms with van der Waals surface area (Å²) in [5, 5.41) is 0. The van der Waals surface area contributed by atoms with Gasteiger partial charge < -0.3 is 9.22 Å². The van der Waals surface area contributed by atoms with Gasteiger partial charge in [0.2, 0.25) is 0 Å². The first-order valence-corrected chi connectivity index (χ1v) is 12.0. The summed E-state index contributed by atoms with van der Waals surface area (Å²) in [4.78, 5) is 0. The summed E-state index contributed by atoms with van der Waals surface area (Å²) in [6, 6.07) is 18.8. The van der Waals surface area contributed by atoms with Gasteiger partial charge in [-0.2, -0.15) is 0 Å². The van der Waals surface area contributed by atoms with Gasteiger partial charge in [-0.3, -0.25) is 0 Å². The minimum absolute atomic E-state index is 0.820. The summed E-state index contributed by atoms with van der Waals surface area (Å²) in [5.74, 6) is 0.972. The van der Waals surface area contributed by atoms with Crippen LogP contribution in [0.5, 0.6) is 5.75 Å². The van der Waals surface area contributed by atoms with Crippen molar-refractivity contribution in [3.05, 3.63) is 65.7 Å². The molecular weight excluding hydrogens is 366 g/mol. The molecule has 2 heteroatoms. The predicted molar refractivity (Wildman–Crippen MR) is 132 cm³/mol. The molecule has 30 heavy (non-hydrogen) atoms. The van der Waals surface area contributed by atoms with Crippen LogP contribution < -0.4 is 4.74 Å². The van der Waals surface area contributed by atoms with E-state index in [1.807, 2.05) is 6.07 Å². The van der Waals surface area contributed by atoms with Crippen LogP contribution in [-0.2, 0) is 0 Å². The number of ether oxygens (including phenoxy) is 1. The van der Waals surface area contributed by atoms with Crippen LogP contribution in [0.4, 0.5) is 0 Å². The van der Waals surface area contributed by atoms with Crippen molar-refractivity contribution in [3.8, 4) is 5.75 Å². The fraction of sp³-hybridized carbons (Fsp3) is 0.500. The second kappa shape index (κ2) is 14.0. The zero-order chi connectivity index (χ0) is 21.5. The minimum Gasteiger partial charge on any atom is -0.494 e. The van der Waals surface area contributed by atoms with Crippen LogP contribution in [0.25, 0.3) is 12.2 Å². The van der Waals surface area contributed by atoms with Crippen LogP contribution in [0, 0.1) is 0 Å². The molecule has 0 spiro atoms. The number of rotatable bonds is 15. The molecule has 0 N–H and O–H groups in total. The third-order valence-corrected chi connectivity index (χ3v) is 6.46. The lowest BCUT2D eigenvalue weighted by Gasteiger charge is -2.35. The number of hydrogen-bond acceptors (Lipinski definition) is 1. The smallest absolute Gasteiger partial charge is 0.119 e. The third kappa shape index (κ3) is 8.75. The normalized spacial score (nSPS) is 11.8. The van der Waals surface area contributed by atoms with E-state index in [4.69, 9.17) is 4.74 Å². The Morgan fingerprint density at radius 2 is 1.17 bits per heavy atom. The zero-order valence-electron chi connectivity index (χ0n) is 19.5. The highest BCUT2D eigenvalue weighted by Gasteiger charge is 2.19. The highest BCUT2D eigenvalue weighted by Crippen LogP contribution is 2.16. The molecule has 164 valence electrons. The number of hydrogen-bond donors (Lipinski definition) is 0. The van der Waals surface area contributed by atoms with Gasteiger partial charge in [-0.1, -0.05) is 73.9 Å². The van der Waals surface area contributed by atoms with E-state index in [0.717, 1.165) is 18.8 Å². The Morgan fingerprint density at radius 3 is 1.77 bits per heavy atom. The van der Waals surface area contributed by atoms with Gasteiger partial charge >= 0.3 is 0 Å². The average molecular weight is 409 g/mol. The maximum Gasteiger partial charge on any atom is 0.119 e. The lowest BCUT2D eigenvalue weighted by molar-refractivity contribution is -0.923. The lowest BCUT2D eigenvalue weighted by atomic mass is 10.1. The Balaban J connectivity index is 1.54. The number of unbranched alkanes of at least 4 members (excludes halogenated alkanes) is 5. The fourth-order valence-corrected chi connectivity index (χ4v) is 4.02. The van der Waals surface area contributed by atoms with Gasteiger partial charge in [0.05, 0.1) is 32.8 Å². The average Bonchev–Trinajstić information content (AvgIpc) is 2.81. The lowest BCUT2D eigenvalue weighted by Crippen LogP contribution is -2.48. The van der Waals surface area contributed by atoms with Gasteiger partial charge in [0.1, 0.15) is 5.75 Å². The SMILES string of the molecule is CC[N+](CC)(CC)CCCCCCCCOc1ccc(/C=C/c2ccccc2)cc1. The molecule has 0 aliphatic rings. The fourth-order valence-electron chi connectivity index (χ4n) is 4.02. The molecule has 0 fully saturated rings. The van der Waals surface area contributed by atoms with Crippen molar-refractivity contribution in [2.75, 3.05) is 32.8 Å². The van der Waals surface area contributed by atoms with E-state index in [1.54, 1.807) is 0 Å². The van der Waals surface area contributed by atoms with Gasteiger partial charge in [0.25, 0.3) is 0 Å². The molecule has 0 aliphatic heterocycles. The van der Waals surface area contributed by atoms with Gasteiger partial charge in [0, 0.05) is 0 Å². The molecule has 0 saturated heterocycles. The molecule has 2 aromatic carbocycles. The summed E-state index contributed by atoms with van der Waals surface area (Å²) in [6.07, 6.45) is 12.1. The summed E-state index contributed by atoms with van der Waals surface area (Å²) in [6.45, 7) is 13.0. The van der Waals surface area contributed by atoms with Crippen LogP contribution in [0.15, 0.2) is 54.6 Å². The van der Waals surface area contributed by atoms with E-state index < -0.39 is 0 Å². The molecule has 0 atom stereocenters. The van der Waals surface area contributed by atoms with E-state index >= 15 is 0 Å². The molecule has 0 heterocycles. The first-order valence-electron chi connectivity index (χ1n) is 12.0. The van der Waals surface area contributed by atoms with Crippen molar-refractivity contribution in [3.63, 3.8) is 0 Å². The molecule has 0 unspecified atom stereocenters. The molecule has 0 aromatic heterocycles. The minimum atomic E-state index is 0.820. The molecule has 0 aliphatic carbocycles. The largest absolute Gasteiger partial charge is 0.494 e. The van der Waals surface area contributed by atoms with Gasteiger partial charge in [-0.15, -0.1) is 0 Å². The second-order valence-corrected chi connectivity index (χ2v) is 8.30. The summed E-state index contributed by atoms with van der Waals surface area (Å²) < 4.78 is 7.20. The van der Waals surface area contributed by atoms with Crippen molar-refractivity contribution in [1.82, 2.24) is 0 Å². The van der Waals surface area contributed by atoms with Crippen molar-refractivity contribution >= 4 is 12.2 Å². The molecule has 2 aromatic rings. The van der Waals surface area contributed by atoms with E-state index in [-0.39, 0.29) is 0 Å². The van der Waals surface area contributed by atoms with Crippen molar-refractivity contribution in [1.29, 1.82) is 0 Å². The summed E-state index contributed by atoms with van der Waals surface area (Å²) >= 11 is 0. The number of quaternary nitrogens is 1. The molecule has 0 amide bonds. The van der Waals surface area contributed by atoms with Crippen LogP contribution in [0.1, 0.15) is 70.4 Å². The van der Waals surface area contributed by atoms with Gasteiger partial charge in [0.15, 0.2) is 0 Å². The highest BCUT2D eigenvalue weighted by atomic mass is 16.5.